The summed E-state index contributed by atoms with van der Waals surface area (Å²) in [5, 5.41) is 9.05. The number of carboxylic acids is 1. The molecule has 0 fully saturated rings. The summed E-state index contributed by atoms with van der Waals surface area (Å²) in [6, 6.07) is 7.24. The van der Waals surface area contributed by atoms with Gasteiger partial charge in [-0.1, -0.05) is 12.1 Å². The van der Waals surface area contributed by atoms with Crippen LogP contribution in [0.25, 0.3) is 0 Å². The van der Waals surface area contributed by atoms with Gasteiger partial charge in [0.25, 0.3) is 0 Å². The number of hydrogen-bond donors (Lipinski definition) is 3. The van der Waals surface area contributed by atoms with E-state index in [2.05, 4.69) is 5.43 Å². The highest BCUT2D eigenvalue weighted by Crippen LogP contribution is 2.18. The summed E-state index contributed by atoms with van der Waals surface area (Å²) in [5.41, 5.74) is 2.00. The summed E-state index contributed by atoms with van der Waals surface area (Å²) in [6.07, 6.45) is 0.288. The van der Waals surface area contributed by atoms with E-state index in [1.165, 1.54) is 6.92 Å². The van der Waals surface area contributed by atoms with Crippen molar-refractivity contribution in [1.82, 2.24) is 5.43 Å². The third-order valence-corrected chi connectivity index (χ3v) is 2.48. The second-order valence-corrected chi connectivity index (χ2v) is 3.81. The van der Waals surface area contributed by atoms with Gasteiger partial charge in [0.05, 0.1) is 7.11 Å². The van der Waals surface area contributed by atoms with E-state index in [0.29, 0.717) is 5.75 Å². The van der Waals surface area contributed by atoms with Crippen LogP contribution in [-0.4, -0.2) is 23.7 Å². The zero-order valence-corrected chi connectivity index (χ0v) is 9.36. The van der Waals surface area contributed by atoms with Crippen molar-refractivity contribution in [2.75, 3.05) is 7.11 Å². The van der Waals surface area contributed by atoms with E-state index in [4.69, 9.17) is 15.7 Å². The van der Waals surface area contributed by atoms with Crippen LogP contribution in [0, 0.1) is 0 Å². The maximum atomic E-state index is 11.0. The van der Waals surface area contributed by atoms with Gasteiger partial charge in [0.15, 0.2) is 0 Å². The van der Waals surface area contributed by atoms with Gasteiger partial charge in [-0.25, -0.2) is 5.43 Å². The third-order valence-electron chi connectivity index (χ3n) is 2.48. The van der Waals surface area contributed by atoms with Gasteiger partial charge in [0.1, 0.15) is 11.3 Å². The van der Waals surface area contributed by atoms with Crippen molar-refractivity contribution in [3.63, 3.8) is 0 Å². The fraction of sp³-hybridized carbons (Fsp3) is 0.364. The van der Waals surface area contributed by atoms with Crippen molar-refractivity contribution in [1.29, 1.82) is 0 Å². The largest absolute Gasteiger partial charge is 0.497 e. The first-order chi connectivity index (χ1) is 7.51. The van der Waals surface area contributed by atoms with Crippen molar-refractivity contribution in [3.05, 3.63) is 29.8 Å². The van der Waals surface area contributed by atoms with Crippen molar-refractivity contribution in [3.8, 4) is 5.75 Å². The van der Waals surface area contributed by atoms with Crippen molar-refractivity contribution < 1.29 is 14.6 Å². The normalized spacial score (nSPS) is 14.2. The van der Waals surface area contributed by atoms with E-state index < -0.39 is 11.5 Å². The molecular formula is C11H16N2O3. The highest BCUT2D eigenvalue weighted by Gasteiger charge is 2.31. The fourth-order valence-electron chi connectivity index (χ4n) is 1.38. The molecule has 0 spiro atoms. The number of rotatable bonds is 5. The Morgan fingerprint density at radius 2 is 2.31 bits per heavy atom. The lowest BCUT2D eigenvalue weighted by molar-refractivity contribution is -0.144. The van der Waals surface area contributed by atoms with Crippen LogP contribution in [0.2, 0.25) is 0 Å². The Balaban J connectivity index is 2.90. The molecule has 0 aliphatic heterocycles. The highest BCUT2D eigenvalue weighted by atomic mass is 16.5. The monoisotopic (exact) mass is 224 g/mol. The van der Waals surface area contributed by atoms with Gasteiger partial charge in [-0.15, -0.1) is 0 Å². The van der Waals surface area contributed by atoms with E-state index in [0.717, 1.165) is 5.56 Å². The summed E-state index contributed by atoms with van der Waals surface area (Å²) in [7, 11) is 1.57. The topological polar surface area (TPSA) is 84.6 Å². The van der Waals surface area contributed by atoms with Crippen molar-refractivity contribution >= 4 is 5.97 Å². The van der Waals surface area contributed by atoms with Crippen molar-refractivity contribution in [2.45, 2.75) is 18.9 Å². The van der Waals surface area contributed by atoms with Crippen LogP contribution >= 0.6 is 0 Å². The number of carbonyl (C=O) groups is 1. The molecule has 0 aromatic heterocycles. The summed E-state index contributed by atoms with van der Waals surface area (Å²) in [5.74, 6) is 4.97. The van der Waals surface area contributed by atoms with Gasteiger partial charge in [-0.2, -0.15) is 0 Å². The van der Waals surface area contributed by atoms with E-state index in [9.17, 15) is 4.79 Å². The molecule has 5 nitrogen and oxygen atoms in total. The SMILES string of the molecule is COc1cccc(CC(C)(NN)C(=O)O)c1. The van der Waals surface area contributed by atoms with Gasteiger partial charge < -0.3 is 9.84 Å². The van der Waals surface area contributed by atoms with Crippen LogP contribution in [0.3, 0.4) is 0 Å². The minimum atomic E-state index is -1.17. The molecule has 1 aromatic rings. The van der Waals surface area contributed by atoms with Crippen molar-refractivity contribution in [2.24, 2.45) is 5.84 Å². The van der Waals surface area contributed by atoms with Crippen LogP contribution in [0.1, 0.15) is 12.5 Å². The molecule has 0 heterocycles. The second kappa shape index (κ2) is 4.96. The van der Waals surface area contributed by atoms with E-state index in [-0.39, 0.29) is 6.42 Å². The van der Waals surface area contributed by atoms with Crippen LogP contribution in [-0.2, 0) is 11.2 Å². The summed E-state index contributed by atoms with van der Waals surface area (Å²) in [4.78, 5) is 11.0. The Bertz CT molecular complexity index is 381. The molecule has 0 aliphatic rings. The van der Waals surface area contributed by atoms with E-state index in [1.54, 1.807) is 19.2 Å². The lowest BCUT2D eigenvalue weighted by Gasteiger charge is -2.23. The minimum absolute atomic E-state index is 0.288. The fourth-order valence-corrected chi connectivity index (χ4v) is 1.38. The van der Waals surface area contributed by atoms with Gasteiger partial charge in [-0.3, -0.25) is 10.6 Å². The van der Waals surface area contributed by atoms with Gasteiger partial charge in [0, 0.05) is 6.42 Å². The molecule has 0 saturated heterocycles. The average molecular weight is 224 g/mol. The standard InChI is InChI=1S/C11H16N2O3/c1-11(13-12,10(14)15)7-8-4-3-5-9(6-8)16-2/h3-6,13H,7,12H2,1-2H3,(H,14,15). The maximum absolute atomic E-state index is 11.0. The number of hydrogen-bond acceptors (Lipinski definition) is 4. The molecule has 0 bridgehead atoms. The Kier molecular flexibility index (Phi) is 3.87. The number of nitrogens with two attached hydrogens (primary N) is 1. The molecule has 0 saturated carbocycles. The quantitative estimate of drug-likeness (QED) is 0.502. The molecule has 16 heavy (non-hydrogen) atoms. The zero-order valence-electron chi connectivity index (χ0n) is 9.36. The molecule has 1 rings (SSSR count). The van der Waals surface area contributed by atoms with E-state index >= 15 is 0 Å². The summed E-state index contributed by atoms with van der Waals surface area (Å²) in [6.45, 7) is 1.54. The Hall–Kier alpha value is -1.59. The highest BCUT2D eigenvalue weighted by molar-refractivity contribution is 5.78. The zero-order chi connectivity index (χ0) is 12.2. The van der Waals surface area contributed by atoms with Crippen LogP contribution in [0.5, 0.6) is 5.75 Å². The first kappa shape index (κ1) is 12.5. The average Bonchev–Trinajstić information content (AvgIpc) is 2.29. The lowest BCUT2D eigenvalue weighted by Crippen LogP contribution is -2.54. The molecule has 1 aromatic carbocycles. The molecule has 0 amide bonds. The summed E-state index contributed by atoms with van der Waals surface area (Å²) < 4.78 is 5.06. The van der Waals surface area contributed by atoms with Crippen LogP contribution in [0.4, 0.5) is 0 Å². The van der Waals surface area contributed by atoms with E-state index in [1.807, 2.05) is 12.1 Å². The Morgan fingerprint density at radius 1 is 1.62 bits per heavy atom. The first-order valence-corrected chi connectivity index (χ1v) is 4.86. The number of hydrazine groups is 1. The molecular weight excluding hydrogens is 208 g/mol. The molecule has 88 valence electrons. The summed E-state index contributed by atoms with van der Waals surface area (Å²) >= 11 is 0. The number of aliphatic carboxylic acids is 1. The Morgan fingerprint density at radius 3 is 2.81 bits per heavy atom. The molecule has 1 unspecified atom stereocenters. The number of benzene rings is 1. The minimum Gasteiger partial charge on any atom is -0.497 e. The second-order valence-electron chi connectivity index (χ2n) is 3.81. The third kappa shape index (κ3) is 2.71. The van der Waals surface area contributed by atoms with Crippen LogP contribution in [0.15, 0.2) is 24.3 Å². The van der Waals surface area contributed by atoms with Crippen LogP contribution < -0.4 is 16.0 Å². The molecule has 0 aliphatic carbocycles. The molecule has 0 radical (unpaired) electrons. The maximum Gasteiger partial charge on any atom is 0.325 e. The van der Waals surface area contributed by atoms with Gasteiger partial charge in [-0.05, 0) is 24.6 Å². The molecule has 5 heteroatoms. The lowest BCUT2D eigenvalue weighted by atomic mass is 9.93. The predicted molar refractivity (Wildman–Crippen MR) is 60.1 cm³/mol. The first-order valence-electron chi connectivity index (χ1n) is 4.86. The van der Waals surface area contributed by atoms with Gasteiger partial charge >= 0.3 is 5.97 Å². The van der Waals surface area contributed by atoms with Gasteiger partial charge in [0.2, 0.25) is 0 Å². The molecule has 4 N–H and O–H groups in total. The smallest absolute Gasteiger partial charge is 0.325 e. The number of methoxy groups -OCH3 is 1. The molecule has 1 atom stereocenters. The number of ether oxygens (including phenoxy) is 1. The Labute approximate surface area is 94.2 Å². The number of nitrogens with one attached hydrogen (secondary N) is 1. The number of carboxylic acid groups (broad SMARTS) is 1. The predicted octanol–water partition coefficient (Wildman–Crippen LogP) is 0.544.